The molecule has 29 heavy (non-hydrogen) atoms. The summed E-state index contributed by atoms with van der Waals surface area (Å²) in [5.41, 5.74) is 1.26. The molecule has 7 nitrogen and oxygen atoms in total. The fourth-order valence-corrected chi connectivity index (χ4v) is 2.32. The van der Waals surface area contributed by atoms with Gasteiger partial charge in [0.05, 0.1) is 24.5 Å². The molecule has 7 heteroatoms. The van der Waals surface area contributed by atoms with Gasteiger partial charge in [-0.15, -0.1) is 5.10 Å². The lowest BCUT2D eigenvalue weighted by Crippen LogP contribution is -2.10. The van der Waals surface area contributed by atoms with Crippen molar-refractivity contribution in [2.75, 3.05) is 13.2 Å². The van der Waals surface area contributed by atoms with Crippen LogP contribution >= 0.6 is 0 Å². The average Bonchev–Trinajstić information content (AvgIpc) is 2.76. The van der Waals surface area contributed by atoms with E-state index in [1.165, 1.54) is 0 Å². The number of hydrogen-bond acceptors (Lipinski definition) is 7. The van der Waals surface area contributed by atoms with Gasteiger partial charge in [-0.1, -0.05) is 20.4 Å². The molecule has 0 spiro atoms. The topological polar surface area (TPSA) is 87.6 Å². The maximum atomic E-state index is 12.2. The normalized spacial score (nSPS) is 11.4. The Balaban J connectivity index is 1.76. The van der Waals surface area contributed by atoms with Gasteiger partial charge in [-0.25, -0.2) is 9.59 Å². The van der Waals surface area contributed by atoms with Gasteiger partial charge in [-0.05, 0) is 55.5 Å². The zero-order valence-corrected chi connectivity index (χ0v) is 16.8. The molecule has 0 saturated heterocycles. The third-order valence-electron chi connectivity index (χ3n) is 4.28. The zero-order valence-electron chi connectivity index (χ0n) is 16.8. The van der Waals surface area contributed by atoms with E-state index in [1.807, 2.05) is 6.07 Å². The standard InChI is InChI=1S/C22H26N2O5/c1-4-16(3)19-12-13-20(24-23-19)29-22(26)17-8-10-18(11-9-17)27-14-6-7-15-28-21(25)5-2/h5,8-13,16H,2,4,6-7,14-15H2,1,3H3. The van der Waals surface area contributed by atoms with Crippen molar-refractivity contribution < 1.29 is 23.8 Å². The predicted molar refractivity (Wildman–Crippen MR) is 108 cm³/mol. The number of rotatable bonds is 11. The number of carbonyl (C=O) groups is 2. The lowest BCUT2D eigenvalue weighted by molar-refractivity contribution is -0.137. The minimum atomic E-state index is -0.508. The van der Waals surface area contributed by atoms with Crippen molar-refractivity contribution in [3.63, 3.8) is 0 Å². The van der Waals surface area contributed by atoms with E-state index in [0.29, 0.717) is 36.9 Å². The van der Waals surface area contributed by atoms with E-state index in [2.05, 4.69) is 30.6 Å². The summed E-state index contributed by atoms with van der Waals surface area (Å²) < 4.78 is 15.7. The molecule has 1 atom stereocenters. The molecule has 0 radical (unpaired) electrons. The van der Waals surface area contributed by atoms with Crippen LogP contribution in [0.4, 0.5) is 0 Å². The van der Waals surface area contributed by atoms with E-state index < -0.39 is 11.9 Å². The summed E-state index contributed by atoms with van der Waals surface area (Å²) in [4.78, 5) is 23.1. The van der Waals surface area contributed by atoms with Crippen molar-refractivity contribution in [3.8, 4) is 11.6 Å². The van der Waals surface area contributed by atoms with Crippen molar-refractivity contribution in [2.45, 2.75) is 39.0 Å². The minimum Gasteiger partial charge on any atom is -0.494 e. The van der Waals surface area contributed by atoms with Crippen molar-refractivity contribution in [1.29, 1.82) is 0 Å². The Labute approximate surface area is 170 Å². The molecule has 1 aromatic heterocycles. The van der Waals surface area contributed by atoms with Gasteiger partial charge < -0.3 is 14.2 Å². The van der Waals surface area contributed by atoms with Crippen molar-refractivity contribution in [1.82, 2.24) is 10.2 Å². The maximum Gasteiger partial charge on any atom is 0.344 e. The molecule has 0 N–H and O–H groups in total. The van der Waals surface area contributed by atoms with E-state index in [-0.39, 0.29) is 5.88 Å². The van der Waals surface area contributed by atoms with Crippen LogP contribution < -0.4 is 9.47 Å². The monoisotopic (exact) mass is 398 g/mol. The lowest BCUT2D eigenvalue weighted by Gasteiger charge is -2.08. The molecule has 0 saturated carbocycles. The summed E-state index contributed by atoms with van der Waals surface area (Å²) in [7, 11) is 0. The van der Waals surface area contributed by atoms with Crippen LogP contribution in [0.15, 0.2) is 49.1 Å². The van der Waals surface area contributed by atoms with E-state index in [0.717, 1.165) is 24.6 Å². The van der Waals surface area contributed by atoms with Crippen molar-refractivity contribution in [2.24, 2.45) is 0 Å². The fourth-order valence-electron chi connectivity index (χ4n) is 2.32. The minimum absolute atomic E-state index is 0.166. The number of carbonyl (C=O) groups excluding carboxylic acids is 2. The smallest absolute Gasteiger partial charge is 0.344 e. The van der Waals surface area contributed by atoms with E-state index in [1.54, 1.807) is 30.3 Å². The van der Waals surface area contributed by atoms with Crippen LogP contribution in [0.2, 0.25) is 0 Å². The van der Waals surface area contributed by atoms with Crippen LogP contribution in [0.25, 0.3) is 0 Å². The van der Waals surface area contributed by atoms with Crippen LogP contribution in [-0.2, 0) is 9.53 Å². The quantitative estimate of drug-likeness (QED) is 0.320. The fraction of sp³-hybridized carbons (Fsp3) is 0.364. The third-order valence-corrected chi connectivity index (χ3v) is 4.28. The SMILES string of the molecule is C=CC(=O)OCCCCOc1ccc(C(=O)Oc2ccc(C(C)CC)nn2)cc1. The predicted octanol–water partition coefficient (Wildman–Crippen LogP) is 4.10. The molecular formula is C22H26N2O5. The number of benzene rings is 1. The first-order valence-electron chi connectivity index (χ1n) is 9.61. The highest BCUT2D eigenvalue weighted by Crippen LogP contribution is 2.18. The number of ether oxygens (including phenoxy) is 3. The van der Waals surface area contributed by atoms with E-state index in [4.69, 9.17) is 14.2 Å². The number of esters is 2. The highest BCUT2D eigenvalue weighted by Gasteiger charge is 2.11. The van der Waals surface area contributed by atoms with Gasteiger partial charge in [0.2, 0.25) is 5.88 Å². The number of nitrogens with zero attached hydrogens (tertiary/aromatic N) is 2. The second kappa shape index (κ2) is 11.6. The van der Waals surface area contributed by atoms with Crippen LogP contribution in [-0.4, -0.2) is 35.3 Å². The van der Waals surface area contributed by atoms with Gasteiger partial charge in [0.1, 0.15) is 5.75 Å². The van der Waals surface area contributed by atoms with Crippen LogP contribution in [0.3, 0.4) is 0 Å². The molecule has 154 valence electrons. The molecule has 2 rings (SSSR count). The Hall–Kier alpha value is -3.22. The van der Waals surface area contributed by atoms with Gasteiger partial charge in [-0.2, -0.15) is 5.10 Å². The first kappa shape index (κ1) is 22.1. The molecule has 0 bridgehead atoms. The van der Waals surface area contributed by atoms with Crippen molar-refractivity contribution in [3.05, 3.63) is 60.3 Å². The molecular weight excluding hydrogens is 372 g/mol. The lowest BCUT2D eigenvalue weighted by atomic mass is 10.1. The van der Waals surface area contributed by atoms with Crippen LogP contribution in [0, 0.1) is 0 Å². The Bertz CT molecular complexity index is 803. The summed E-state index contributed by atoms with van der Waals surface area (Å²) in [5.74, 6) is 0.181. The Morgan fingerprint density at radius 3 is 2.41 bits per heavy atom. The Morgan fingerprint density at radius 2 is 1.79 bits per heavy atom. The number of unbranched alkanes of at least 4 members (excludes halogenated alkanes) is 1. The van der Waals surface area contributed by atoms with Gasteiger partial charge in [-0.3, -0.25) is 0 Å². The zero-order chi connectivity index (χ0) is 21.1. The molecule has 0 aliphatic heterocycles. The Kier molecular flexibility index (Phi) is 8.82. The van der Waals surface area contributed by atoms with E-state index >= 15 is 0 Å². The molecule has 0 aliphatic rings. The summed E-state index contributed by atoms with van der Waals surface area (Å²) in [6.45, 7) is 8.29. The molecule has 0 fully saturated rings. The van der Waals surface area contributed by atoms with Gasteiger partial charge in [0.15, 0.2) is 0 Å². The largest absolute Gasteiger partial charge is 0.494 e. The number of aromatic nitrogens is 2. The average molecular weight is 398 g/mol. The highest BCUT2D eigenvalue weighted by molar-refractivity contribution is 5.90. The van der Waals surface area contributed by atoms with Gasteiger partial charge in [0.25, 0.3) is 0 Å². The first-order valence-corrected chi connectivity index (χ1v) is 9.61. The second-order valence-corrected chi connectivity index (χ2v) is 6.45. The van der Waals surface area contributed by atoms with E-state index in [9.17, 15) is 9.59 Å². The molecule has 2 aromatic rings. The van der Waals surface area contributed by atoms with Crippen LogP contribution in [0.5, 0.6) is 11.6 Å². The molecule has 1 heterocycles. The van der Waals surface area contributed by atoms with Gasteiger partial charge in [0, 0.05) is 12.1 Å². The summed E-state index contributed by atoms with van der Waals surface area (Å²) in [5, 5.41) is 8.06. The molecule has 0 aliphatic carbocycles. The first-order chi connectivity index (χ1) is 14.0. The third kappa shape index (κ3) is 7.37. The van der Waals surface area contributed by atoms with Gasteiger partial charge >= 0.3 is 11.9 Å². The molecule has 0 amide bonds. The number of hydrogen-bond donors (Lipinski definition) is 0. The maximum absolute atomic E-state index is 12.2. The summed E-state index contributed by atoms with van der Waals surface area (Å²) >= 11 is 0. The van der Waals surface area contributed by atoms with Crippen molar-refractivity contribution >= 4 is 11.9 Å². The molecule has 1 unspecified atom stereocenters. The highest BCUT2D eigenvalue weighted by atomic mass is 16.5. The summed E-state index contributed by atoms with van der Waals surface area (Å²) in [6, 6.07) is 10.1. The van der Waals surface area contributed by atoms with Crippen LogP contribution in [0.1, 0.15) is 55.1 Å². The molecule has 1 aromatic carbocycles. The Morgan fingerprint density at radius 1 is 1.07 bits per heavy atom. The second-order valence-electron chi connectivity index (χ2n) is 6.45. The summed E-state index contributed by atoms with van der Waals surface area (Å²) in [6.07, 6.45) is 3.53.